The first-order chi connectivity index (χ1) is 10.3. The Balaban J connectivity index is 1.59. The highest BCUT2D eigenvalue weighted by molar-refractivity contribution is 7.99. The van der Waals surface area contributed by atoms with Crippen LogP contribution in [0.25, 0.3) is 0 Å². The lowest BCUT2D eigenvalue weighted by atomic mass is 10.1. The molecule has 2 fully saturated rings. The van der Waals surface area contributed by atoms with Gasteiger partial charge in [-0.1, -0.05) is 30.3 Å². The van der Waals surface area contributed by atoms with E-state index in [1.54, 1.807) is 0 Å². The largest absolute Gasteiger partial charge is 0.338 e. The molecule has 1 aromatic carbocycles. The second-order valence-corrected chi connectivity index (χ2v) is 7.16. The molecule has 0 aromatic heterocycles. The molecule has 21 heavy (non-hydrogen) atoms. The van der Waals surface area contributed by atoms with E-state index < -0.39 is 0 Å². The zero-order valence-corrected chi connectivity index (χ0v) is 13.4. The molecule has 0 aliphatic carbocycles. The van der Waals surface area contributed by atoms with E-state index in [2.05, 4.69) is 28.8 Å². The fourth-order valence-electron chi connectivity index (χ4n) is 3.30. The van der Waals surface area contributed by atoms with E-state index in [0.29, 0.717) is 18.4 Å². The number of rotatable bonds is 3. The van der Waals surface area contributed by atoms with E-state index >= 15 is 0 Å². The SMILES string of the molecule is O=C1CCC(N2CCSCC2)CCN1Cc1ccccc1. The summed E-state index contributed by atoms with van der Waals surface area (Å²) in [6.45, 7) is 4.06. The Morgan fingerprint density at radius 2 is 1.81 bits per heavy atom. The minimum Gasteiger partial charge on any atom is -0.338 e. The lowest BCUT2D eigenvalue weighted by molar-refractivity contribution is -0.131. The summed E-state index contributed by atoms with van der Waals surface area (Å²) in [6, 6.07) is 10.9. The average molecular weight is 304 g/mol. The van der Waals surface area contributed by atoms with Crippen LogP contribution in [0.2, 0.25) is 0 Å². The summed E-state index contributed by atoms with van der Waals surface area (Å²) in [6.07, 6.45) is 2.87. The van der Waals surface area contributed by atoms with Crippen LogP contribution in [0.15, 0.2) is 30.3 Å². The molecule has 1 aromatic rings. The molecule has 2 aliphatic heterocycles. The van der Waals surface area contributed by atoms with E-state index in [0.717, 1.165) is 25.9 Å². The monoisotopic (exact) mass is 304 g/mol. The highest BCUT2D eigenvalue weighted by Gasteiger charge is 2.27. The van der Waals surface area contributed by atoms with Gasteiger partial charge < -0.3 is 4.90 Å². The van der Waals surface area contributed by atoms with Gasteiger partial charge in [-0.2, -0.15) is 11.8 Å². The molecule has 4 heteroatoms. The first-order valence-electron chi connectivity index (χ1n) is 7.96. The van der Waals surface area contributed by atoms with E-state index in [1.807, 2.05) is 23.1 Å². The van der Waals surface area contributed by atoms with Gasteiger partial charge in [0.05, 0.1) is 0 Å². The molecule has 2 heterocycles. The van der Waals surface area contributed by atoms with Crippen LogP contribution in [0.5, 0.6) is 0 Å². The van der Waals surface area contributed by atoms with Crippen molar-refractivity contribution < 1.29 is 4.79 Å². The zero-order valence-electron chi connectivity index (χ0n) is 12.5. The smallest absolute Gasteiger partial charge is 0.222 e. The maximum Gasteiger partial charge on any atom is 0.222 e. The second-order valence-electron chi connectivity index (χ2n) is 5.93. The van der Waals surface area contributed by atoms with Crippen molar-refractivity contribution in [2.45, 2.75) is 31.8 Å². The number of benzene rings is 1. The normalized spacial score (nSPS) is 24.9. The molecular formula is C17H24N2OS. The van der Waals surface area contributed by atoms with Crippen LogP contribution in [-0.2, 0) is 11.3 Å². The zero-order chi connectivity index (χ0) is 14.5. The number of carbonyl (C=O) groups is 1. The van der Waals surface area contributed by atoms with Crippen LogP contribution in [0.3, 0.4) is 0 Å². The lowest BCUT2D eigenvalue weighted by Gasteiger charge is -2.33. The Morgan fingerprint density at radius 1 is 1.05 bits per heavy atom. The van der Waals surface area contributed by atoms with Crippen molar-refractivity contribution in [1.29, 1.82) is 0 Å². The standard InChI is InChI=1S/C17H24N2OS/c20-17-7-6-16(18-10-12-21-13-11-18)8-9-19(17)14-15-4-2-1-3-5-15/h1-5,16H,6-14H2. The summed E-state index contributed by atoms with van der Waals surface area (Å²) >= 11 is 2.05. The summed E-state index contributed by atoms with van der Waals surface area (Å²) in [4.78, 5) is 17.0. The molecule has 0 bridgehead atoms. The Labute approximate surface area is 131 Å². The molecule has 2 saturated heterocycles. The van der Waals surface area contributed by atoms with Gasteiger partial charge in [0, 0.05) is 50.1 Å². The highest BCUT2D eigenvalue weighted by atomic mass is 32.2. The Kier molecular flexibility index (Phi) is 5.20. The van der Waals surface area contributed by atoms with Crippen molar-refractivity contribution in [1.82, 2.24) is 9.80 Å². The quantitative estimate of drug-likeness (QED) is 0.857. The fraction of sp³-hybridized carbons (Fsp3) is 0.588. The predicted molar refractivity (Wildman–Crippen MR) is 88.4 cm³/mol. The van der Waals surface area contributed by atoms with Crippen LogP contribution in [0.4, 0.5) is 0 Å². The van der Waals surface area contributed by atoms with Crippen molar-refractivity contribution in [3.05, 3.63) is 35.9 Å². The predicted octanol–water partition coefficient (Wildman–Crippen LogP) is 2.62. The van der Waals surface area contributed by atoms with Crippen LogP contribution >= 0.6 is 11.8 Å². The molecule has 2 aliphatic rings. The van der Waals surface area contributed by atoms with Gasteiger partial charge in [0.1, 0.15) is 0 Å². The minimum atomic E-state index is 0.327. The fourth-order valence-corrected chi connectivity index (χ4v) is 4.23. The summed E-state index contributed by atoms with van der Waals surface area (Å²) < 4.78 is 0. The summed E-state index contributed by atoms with van der Waals surface area (Å²) in [5.41, 5.74) is 1.23. The van der Waals surface area contributed by atoms with Gasteiger partial charge in [-0.05, 0) is 18.4 Å². The first-order valence-corrected chi connectivity index (χ1v) is 9.12. The topological polar surface area (TPSA) is 23.6 Å². The van der Waals surface area contributed by atoms with Crippen LogP contribution in [0, 0.1) is 0 Å². The third-order valence-electron chi connectivity index (χ3n) is 4.55. The average Bonchev–Trinajstić information content (AvgIpc) is 2.72. The maximum absolute atomic E-state index is 12.4. The number of carbonyl (C=O) groups excluding carboxylic acids is 1. The van der Waals surface area contributed by atoms with E-state index in [4.69, 9.17) is 0 Å². The van der Waals surface area contributed by atoms with Crippen molar-refractivity contribution >= 4 is 17.7 Å². The van der Waals surface area contributed by atoms with Crippen molar-refractivity contribution in [3.63, 3.8) is 0 Å². The van der Waals surface area contributed by atoms with Crippen molar-refractivity contribution in [2.24, 2.45) is 0 Å². The number of likely N-dealkylation sites (tertiary alicyclic amines) is 1. The molecule has 0 spiro atoms. The van der Waals surface area contributed by atoms with Gasteiger partial charge in [0.25, 0.3) is 0 Å². The van der Waals surface area contributed by atoms with E-state index in [9.17, 15) is 4.79 Å². The van der Waals surface area contributed by atoms with Crippen molar-refractivity contribution in [3.8, 4) is 0 Å². The lowest BCUT2D eigenvalue weighted by Crippen LogP contribution is -2.41. The molecule has 0 N–H and O–H groups in total. The molecule has 1 unspecified atom stereocenters. The van der Waals surface area contributed by atoms with Gasteiger partial charge in [-0.25, -0.2) is 0 Å². The first kappa shape index (κ1) is 14.9. The van der Waals surface area contributed by atoms with Gasteiger partial charge in [-0.15, -0.1) is 0 Å². The molecular weight excluding hydrogens is 280 g/mol. The maximum atomic E-state index is 12.4. The Morgan fingerprint density at radius 3 is 2.57 bits per heavy atom. The van der Waals surface area contributed by atoms with E-state index in [1.165, 1.54) is 30.2 Å². The molecule has 3 nitrogen and oxygen atoms in total. The second kappa shape index (κ2) is 7.32. The molecule has 0 radical (unpaired) electrons. The summed E-state index contributed by atoms with van der Waals surface area (Å²) in [7, 11) is 0. The van der Waals surface area contributed by atoms with Gasteiger partial charge in [-0.3, -0.25) is 9.69 Å². The van der Waals surface area contributed by atoms with Crippen LogP contribution in [0.1, 0.15) is 24.8 Å². The Hall–Kier alpha value is -1.00. The summed E-state index contributed by atoms with van der Waals surface area (Å²) in [5, 5.41) is 0. The molecule has 0 saturated carbocycles. The third-order valence-corrected chi connectivity index (χ3v) is 5.50. The Bertz CT molecular complexity index is 459. The molecule has 1 amide bonds. The van der Waals surface area contributed by atoms with Gasteiger partial charge in [0.15, 0.2) is 0 Å². The number of hydrogen-bond donors (Lipinski definition) is 0. The minimum absolute atomic E-state index is 0.327. The molecule has 114 valence electrons. The third kappa shape index (κ3) is 4.01. The van der Waals surface area contributed by atoms with Crippen LogP contribution < -0.4 is 0 Å². The van der Waals surface area contributed by atoms with Gasteiger partial charge >= 0.3 is 0 Å². The van der Waals surface area contributed by atoms with E-state index in [-0.39, 0.29) is 0 Å². The highest BCUT2D eigenvalue weighted by Crippen LogP contribution is 2.22. The number of amides is 1. The number of thioether (sulfide) groups is 1. The van der Waals surface area contributed by atoms with Crippen molar-refractivity contribution in [2.75, 3.05) is 31.1 Å². The summed E-state index contributed by atoms with van der Waals surface area (Å²) in [5.74, 6) is 2.82. The molecule has 3 rings (SSSR count). The number of hydrogen-bond acceptors (Lipinski definition) is 3. The molecule has 1 atom stereocenters. The van der Waals surface area contributed by atoms with Crippen LogP contribution in [-0.4, -0.2) is 52.9 Å². The number of nitrogens with zero attached hydrogens (tertiary/aromatic N) is 2. The van der Waals surface area contributed by atoms with Gasteiger partial charge in [0.2, 0.25) is 5.91 Å².